The molecule has 0 aliphatic rings. The molecule has 0 bridgehead atoms. The third-order valence-electron chi connectivity index (χ3n) is 2.74. The molecule has 2 rings (SSSR count). The Morgan fingerprint density at radius 2 is 1.93 bits per heavy atom. The summed E-state index contributed by atoms with van der Waals surface area (Å²) in [5.74, 6) is 0.563. The largest absolute Gasteiger partial charge is 0.382 e. The molecular weight excluding hydrogens is 190 g/mol. The molecule has 0 radical (unpaired) electrons. The second-order valence-electron chi connectivity index (χ2n) is 3.64. The van der Waals surface area contributed by atoms with Crippen molar-refractivity contribution in [1.82, 2.24) is 20.4 Å². The predicted octanol–water partition coefficient (Wildman–Crippen LogP) is 1.56. The highest BCUT2D eigenvalue weighted by molar-refractivity contribution is 5.67. The number of aryl methyl sites for hydroxylation is 1. The number of nitrogens with two attached hydrogens (primary N) is 1. The van der Waals surface area contributed by atoms with E-state index in [1.165, 1.54) is 0 Å². The van der Waals surface area contributed by atoms with Gasteiger partial charge in [-0.3, -0.25) is 10.2 Å². The molecule has 0 spiro atoms. The van der Waals surface area contributed by atoms with Crippen molar-refractivity contribution < 1.29 is 0 Å². The maximum absolute atomic E-state index is 5.77. The molecule has 2 heterocycles. The number of aromatic nitrogens is 4. The highest BCUT2D eigenvalue weighted by Gasteiger charge is 2.16. The van der Waals surface area contributed by atoms with Gasteiger partial charge in [0.2, 0.25) is 0 Å². The topological polar surface area (TPSA) is 83.4 Å². The fourth-order valence-corrected chi connectivity index (χ4v) is 1.66. The van der Waals surface area contributed by atoms with Crippen molar-refractivity contribution in [2.45, 2.75) is 27.2 Å². The molecule has 0 saturated carbocycles. The van der Waals surface area contributed by atoms with Crippen molar-refractivity contribution in [2.75, 3.05) is 5.73 Å². The molecule has 0 atom stereocenters. The summed E-state index contributed by atoms with van der Waals surface area (Å²) in [5, 5.41) is 14.2. The maximum atomic E-state index is 5.77. The molecule has 15 heavy (non-hydrogen) atoms. The van der Waals surface area contributed by atoms with Gasteiger partial charge in [-0.2, -0.15) is 10.2 Å². The minimum Gasteiger partial charge on any atom is -0.382 e. The molecule has 0 aliphatic heterocycles. The summed E-state index contributed by atoms with van der Waals surface area (Å²) in [5.41, 5.74) is 10.8. The monoisotopic (exact) mass is 205 g/mol. The summed E-state index contributed by atoms with van der Waals surface area (Å²) in [6.45, 7) is 6.08. The van der Waals surface area contributed by atoms with Gasteiger partial charge in [-0.1, -0.05) is 6.92 Å². The lowest BCUT2D eigenvalue weighted by Crippen LogP contribution is -1.91. The van der Waals surface area contributed by atoms with Crippen LogP contribution in [0.1, 0.15) is 23.7 Å². The lowest BCUT2D eigenvalue weighted by Gasteiger charge is -1.98. The highest BCUT2D eigenvalue weighted by atomic mass is 15.2. The fraction of sp³-hybridized carbons (Fsp3) is 0.400. The van der Waals surface area contributed by atoms with Gasteiger partial charge in [0.1, 0.15) is 11.5 Å². The van der Waals surface area contributed by atoms with Gasteiger partial charge in [0.15, 0.2) is 0 Å². The first-order chi connectivity index (χ1) is 7.15. The van der Waals surface area contributed by atoms with Gasteiger partial charge in [0.25, 0.3) is 0 Å². The molecule has 0 saturated heterocycles. The first-order valence-electron chi connectivity index (χ1n) is 4.99. The third-order valence-corrected chi connectivity index (χ3v) is 2.74. The van der Waals surface area contributed by atoms with Crippen molar-refractivity contribution in [2.24, 2.45) is 0 Å². The number of H-pyrrole nitrogens is 2. The summed E-state index contributed by atoms with van der Waals surface area (Å²) >= 11 is 0. The summed E-state index contributed by atoms with van der Waals surface area (Å²) in [6.07, 6.45) is 0.850. The molecule has 2 aromatic heterocycles. The number of nitrogen functional groups attached to an aromatic ring is 1. The molecule has 5 heteroatoms. The molecule has 0 aromatic carbocycles. The van der Waals surface area contributed by atoms with E-state index in [0.29, 0.717) is 5.82 Å². The Hall–Kier alpha value is -1.78. The van der Waals surface area contributed by atoms with Gasteiger partial charge < -0.3 is 5.73 Å². The van der Waals surface area contributed by atoms with Gasteiger partial charge >= 0.3 is 0 Å². The Bertz CT molecular complexity index is 480. The van der Waals surface area contributed by atoms with Crippen LogP contribution in [0, 0.1) is 13.8 Å². The Morgan fingerprint density at radius 3 is 2.47 bits per heavy atom. The molecule has 2 aromatic rings. The zero-order chi connectivity index (χ0) is 11.0. The van der Waals surface area contributed by atoms with Crippen LogP contribution in [0.2, 0.25) is 0 Å². The van der Waals surface area contributed by atoms with Crippen LogP contribution in [0.5, 0.6) is 0 Å². The molecule has 0 fully saturated rings. The standard InChI is InChI=1S/C10H15N5/c1-4-7-9(14-15-10(7)11)8-5(2)6(3)12-13-8/h4H2,1-3H3,(H,12,13)(H3,11,14,15). The smallest absolute Gasteiger partial charge is 0.149 e. The molecule has 4 N–H and O–H groups in total. The number of rotatable bonds is 2. The molecule has 0 aliphatic carbocycles. The second-order valence-corrected chi connectivity index (χ2v) is 3.64. The van der Waals surface area contributed by atoms with Crippen LogP contribution in [0.3, 0.4) is 0 Å². The van der Waals surface area contributed by atoms with Crippen molar-refractivity contribution >= 4 is 5.82 Å². The molecule has 0 amide bonds. The second kappa shape index (κ2) is 3.42. The van der Waals surface area contributed by atoms with Crippen molar-refractivity contribution in [3.63, 3.8) is 0 Å². The lowest BCUT2D eigenvalue weighted by atomic mass is 10.1. The normalized spacial score (nSPS) is 10.9. The molecular formula is C10H15N5. The predicted molar refractivity (Wildman–Crippen MR) is 59.4 cm³/mol. The summed E-state index contributed by atoms with van der Waals surface area (Å²) in [4.78, 5) is 0. The van der Waals surface area contributed by atoms with Crippen molar-refractivity contribution in [3.8, 4) is 11.4 Å². The lowest BCUT2D eigenvalue weighted by molar-refractivity contribution is 1.03. The van der Waals surface area contributed by atoms with Crippen molar-refractivity contribution in [1.29, 1.82) is 0 Å². The first-order valence-corrected chi connectivity index (χ1v) is 4.99. The van der Waals surface area contributed by atoms with Crippen LogP contribution in [0.4, 0.5) is 5.82 Å². The van der Waals surface area contributed by atoms with E-state index in [1.807, 2.05) is 13.8 Å². The molecule has 0 unspecified atom stereocenters. The summed E-state index contributed by atoms with van der Waals surface area (Å²) in [7, 11) is 0. The maximum Gasteiger partial charge on any atom is 0.149 e. The van der Waals surface area contributed by atoms with Crippen molar-refractivity contribution in [3.05, 3.63) is 16.8 Å². The van der Waals surface area contributed by atoms with Gasteiger partial charge in [0.05, 0.1) is 5.69 Å². The Kier molecular flexibility index (Phi) is 2.22. The van der Waals surface area contributed by atoms with Crippen LogP contribution < -0.4 is 5.73 Å². The highest BCUT2D eigenvalue weighted by Crippen LogP contribution is 2.27. The van der Waals surface area contributed by atoms with E-state index in [2.05, 4.69) is 27.3 Å². The minimum atomic E-state index is 0.563. The number of hydrogen-bond acceptors (Lipinski definition) is 3. The quantitative estimate of drug-likeness (QED) is 0.695. The Labute approximate surface area is 88.1 Å². The summed E-state index contributed by atoms with van der Waals surface area (Å²) in [6, 6.07) is 0. The van der Waals surface area contributed by atoms with E-state index in [1.54, 1.807) is 0 Å². The number of nitrogens with one attached hydrogen (secondary N) is 2. The van der Waals surface area contributed by atoms with Crippen LogP contribution in [0.15, 0.2) is 0 Å². The van der Waals surface area contributed by atoms with Gasteiger partial charge in [0, 0.05) is 11.3 Å². The average Bonchev–Trinajstić information content (AvgIpc) is 2.73. The molecule has 80 valence electrons. The Morgan fingerprint density at radius 1 is 1.20 bits per heavy atom. The van der Waals surface area contributed by atoms with E-state index in [4.69, 9.17) is 5.73 Å². The number of aromatic amines is 2. The number of anilines is 1. The Balaban J connectivity index is 2.58. The fourth-order valence-electron chi connectivity index (χ4n) is 1.66. The van der Waals surface area contributed by atoms with Gasteiger partial charge in [-0.25, -0.2) is 0 Å². The van der Waals surface area contributed by atoms with Crippen LogP contribution in [-0.4, -0.2) is 20.4 Å². The average molecular weight is 205 g/mol. The van der Waals surface area contributed by atoms with Gasteiger partial charge in [-0.05, 0) is 25.8 Å². The summed E-state index contributed by atoms with van der Waals surface area (Å²) < 4.78 is 0. The van der Waals surface area contributed by atoms with Crippen LogP contribution in [0.25, 0.3) is 11.4 Å². The third kappa shape index (κ3) is 1.40. The van der Waals surface area contributed by atoms with E-state index >= 15 is 0 Å². The van der Waals surface area contributed by atoms with Gasteiger partial charge in [-0.15, -0.1) is 0 Å². The zero-order valence-corrected chi connectivity index (χ0v) is 9.18. The first kappa shape index (κ1) is 9.76. The minimum absolute atomic E-state index is 0.563. The SMILES string of the molecule is CCc1c(N)n[nH]c1-c1n[nH]c(C)c1C. The van der Waals surface area contributed by atoms with E-state index in [0.717, 1.165) is 34.6 Å². The number of hydrogen-bond donors (Lipinski definition) is 3. The van der Waals surface area contributed by atoms with E-state index in [9.17, 15) is 0 Å². The van der Waals surface area contributed by atoms with E-state index in [-0.39, 0.29) is 0 Å². The van der Waals surface area contributed by atoms with E-state index < -0.39 is 0 Å². The van der Waals surface area contributed by atoms with Crippen LogP contribution >= 0.6 is 0 Å². The zero-order valence-electron chi connectivity index (χ0n) is 9.18. The van der Waals surface area contributed by atoms with Crippen LogP contribution in [-0.2, 0) is 6.42 Å². The molecule has 5 nitrogen and oxygen atoms in total. The number of nitrogens with zero attached hydrogens (tertiary/aromatic N) is 2.